The molecular formula is C9H24O2Si2. The van der Waals surface area contributed by atoms with E-state index in [1.54, 1.807) is 7.11 Å². The third kappa shape index (κ3) is 8.68. The van der Waals surface area contributed by atoms with E-state index < -0.39 is 9.28 Å². The number of rotatable bonds is 9. The summed E-state index contributed by atoms with van der Waals surface area (Å²) in [6.07, 6.45) is 8.17. The lowest BCUT2D eigenvalue weighted by Crippen LogP contribution is -2.18. The quantitative estimate of drug-likeness (QED) is 0.433. The van der Waals surface area contributed by atoms with Gasteiger partial charge in [0, 0.05) is 7.11 Å². The average Bonchev–Trinajstić information content (AvgIpc) is 2.17. The monoisotopic (exact) mass is 220 g/mol. The summed E-state index contributed by atoms with van der Waals surface area (Å²) in [6.45, 7) is 2.25. The molecule has 0 saturated heterocycles. The smallest absolute Gasteiger partial charge is 0.310 e. The van der Waals surface area contributed by atoms with Crippen LogP contribution in [0.4, 0.5) is 0 Å². The Morgan fingerprint density at radius 1 is 1.08 bits per heavy atom. The molecule has 0 rings (SSSR count). The summed E-state index contributed by atoms with van der Waals surface area (Å²) in [5.74, 6) is 0. The molecule has 0 fully saturated rings. The molecule has 0 aromatic carbocycles. The van der Waals surface area contributed by atoms with Crippen LogP contribution >= 0.6 is 0 Å². The van der Waals surface area contributed by atoms with Gasteiger partial charge in [-0.05, 0) is 6.04 Å². The Kier molecular flexibility index (Phi) is 10.7. The van der Waals surface area contributed by atoms with Gasteiger partial charge in [0.15, 0.2) is 0 Å². The minimum Gasteiger partial charge on any atom is -0.447 e. The van der Waals surface area contributed by atoms with Crippen molar-refractivity contribution in [2.45, 2.75) is 51.5 Å². The van der Waals surface area contributed by atoms with Crippen LogP contribution < -0.4 is 0 Å². The summed E-state index contributed by atoms with van der Waals surface area (Å²) in [6, 6.07) is 1.20. The molecule has 0 bridgehead atoms. The average molecular weight is 220 g/mol. The van der Waals surface area contributed by atoms with Gasteiger partial charge in [-0.1, -0.05) is 45.4 Å². The van der Waals surface area contributed by atoms with Crippen LogP contribution in [0, 0.1) is 0 Å². The largest absolute Gasteiger partial charge is 0.447 e. The van der Waals surface area contributed by atoms with E-state index in [9.17, 15) is 0 Å². The third-order valence-electron chi connectivity index (χ3n) is 2.32. The van der Waals surface area contributed by atoms with Gasteiger partial charge in [-0.25, -0.2) is 0 Å². The van der Waals surface area contributed by atoms with E-state index in [0.717, 1.165) is 10.5 Å². The second-order valence-electron chi connectivity index (χ2n) is 3.46. The summed E-state index contributed by atoms with van der Waals surface area (Å²) in [4.78, 5) is 0. The Morgan fingerprint density at radius 2 is 1.69 bits per heavy atom. The van der Waals surface area contributed by atoms with Gasteiger partial charge in [-0.15, -0.1) is 0 Å². The Bertz CT molecular complexity index is 97.6. The minimum atomic E-state index is -1.19. The van der Waals surface area contributed by atoms with E-state index in [2.05, 4.69) is 6.92 Å². The van der Waals surface area contributed by atoms with E-state index in [1.807, 2.05) is 0 Å². The first-order valence-corrected chi connectivity index (χ1v) is 7.98. The van der Waals surface area contributed by atoms with Gasteiger partial charge in [0.05, 0.1) is 0 Å². The van der Waals surface area contributed by atoms with Gasteiger partial charge >= 0.3 is 9.28 Å². The molecule has 0 amide bonds. The zero-order valence-electron chi connectivity index (χ0n) is 9.34. The molecule has 4 heteroatoms. The molecule has 80 valence electrons. The van der Waals surface area contributed by atoms with Crippen LogP contribution in [0.25, 0.3) is 0 Å². The van der Waals surface area contributed by atoms with Crippen molar-refractivity contribution < 1.29 is 8.54 Å². The van der Waals surface area contributed by atoms with Crippen LogP contribution in [-0.2, 0) is 8.54 Å². The summed E-state index contributed by atoms with van der Waals surface area (Å²) in [5.41, 5.74) is 0. The first-order valence-electron chi connectivity index (χ1n) is 5.40. The van der Waals surface area contributed by atoms with E-state index >= 15 is 0 Å². The second kappa shape index (κ2) is 10.4. The Hall–Kier alpha value is 0.354. The van der Waals surface area contributed by atoms with Gasteiger partial charge in [0.25, 0.3) is 0 Å². The fourth-order valence-electron chi connectivity index (χ4n) is 1.42. The van der Waals surface area contributed by atoms with Gasteiger partial charge in [0.2, 0.25) is 0 Å². The van der Waals surface area contributed by atoms with Crippen LogP contribution in [0.1, 0.15) is 45.4 Å². The molecule has 1 atom stereocenters. The highest BCUT2D eigenvalue weighted by Gasteiger charge is 2.06. The van der Waals surface area contributed by atoms with Gasteiger partial charge in [0.1, 0.15) is 10.5 Å². The normalized spacial score (nSPS) is 13.4. The van der Waals surface area contributed by atoms with Crippen molar-refractivity contribution in [3.05, 3.63) is 0 Å². The molecular weight excluding hydrogens is 196 g/mol. The maximum atomic E-state index is 5.38. The van der Waals surface area contributed by atoms with E-state index in [4.69, 9.17) is 8.54 Å². The lowest BCUT2D eigenvalue weighted by molar-refractivity contribution is 0.341. The Morgan fingerprint density at radius 3 is 2.23 bits per heavy atom. The van der Waals surface area contributed by atoms with E-state index in [0.29, 0.717) is 0 Å². The zero-order chi connectivity index (χ0) is 9.94. The van der Waals surface area contributed by atoms with Crippen molar-refractivity contribution in [1.82, 2.24) is 0 Å². The van der Waals surface area contributed by atoms with E-state index in [1.165, 1.54) is 44.6 Å². The molecule has 0 aliphatic rings. The molecule has 0 spiro atoms. The van der Waals surface area contributed by atoms with Crippen LogP contribution in [-0.4, -0.2) is 26.9 Å². The predicted molar refractivity (Wildman–Crippen MR) is 63.4 cm³/mol. The molecule has 13 heavy (non-hydrogen) atoms. The number of unbranched alkanes of at least 4 members (excludes halogenated alkanes) is 5. The molecule has 2 nitrogen and oxygen atoms in total. The maximum Gasteiger partial charge on any atom is 0.310 e. The Balaban J connectivity index is 3.05. The molecule has 0 aromatic rings. The van der Waals surface area contributed by atoms with E-state index in [-0.39, 0.29) is 0 Å². The second-order valence-corrected chi connectivity index (χ2v) is 7.25. The van der Waals surface area contributed by atoms with Gasteiger partial charge in [-0.3, -0.25) is 0 Å². The summed E-state index contributed by atoms with van der Waals surface area (Å²) in [5, 5.41) is 0. The first-order chi connectivity index (χ1) is 6.35. The van der Waals surface area contributed by atoms with Crippen molar-refractivity contribution in [3.63, 3.8) is 0 Å². The highest BCUT2D eigenvalue weighted by Crippen LogP contribution is 2.09. The zero-order valence-corrected chi connectivity index (χ0v) is 12.5. The van der Waals surface area contributed by atoms with Gasteiger partial charge in [-0.2, -0.15) is 0 Å². The van der Waals surface area contributed by atoms with Crippen LogP contribution in [0.5, 0.6) is 0 Å². The lowest BCUT2D eigenvalue weighted by Gasteiger charge is -2.10. The highest BCUT2D eigenvalue weighted by molar-refractivity contribution is 6.48. The summed E-state index contributed by atoms with van der Waals surface area (Å²) < 4.78 is 10.7. The van der Waals surface area contributed by atoms with Crippen LogP contribution in [0.2, 0.25) is 6.04 Å². The van der Waals surface area contributed by atoms with Crippen molar-refractivity contribution >= 4 is 19.8 Å². The fourth-order valence-corrected chi connectivity index (χ4v) is 3.99. The van der Waals surface area contributed by atoms with Crippen molar-refractivity contribution in [2.24, 2.45) is 0 Å². The molecule has 0 aliphatic carbocycles. The van der Waals surface area contributed by atoms with Gasteiger partial charge < -0.3 is 8.54 Å². The summed E-state index contributed by atoms with van der Waals surface area (Å²) >= 11 is 0. The molecule has 0 saturated carbocycles. The van der Waals surface area contributed by atoms with Crippen molar-refractivity contribution in [2.75, 3.05) is 7.11 Å². The lowest BCUT2D eigenvalue weighted by atomic mass is 10.1. The van der Waals surface area contributed by atoms with Crippen molar-refractivity contribution in [1.29, 1.82) is 0 Å². The standard InChI is InChI=1S/C9H24O2Si2/c1-3-4-5-6-7-8-9-13(10-2)11-12/h13H,3-9H2,1-2,12H3. The number of hydrogen-bond acceptors (Lipinski definition) is 2. The third-order valence-corrected chi connectivity index (χ3v) is 5.83. The van der Waals surface area contributed by atoms with Crippen molar-refractivity contribution in [3.8, 4) is 0 Å². The fraction of sp³-hybridized carbons (Fsp3) is 1.00. The maximum absolute atomic E-state index is 5.38. The summed E-state index contributed by atoms with van der Waals surface area (Å²) in [7, 11) is 1.43. The molecule has 0 aliphatic heterocycles. The molecule has 0 N–H and O–H groups in total. The predicted octanol–water partition coefficient (Wildman–Crippen LogP) is 1.51. The molecule has 0 heterocycles. The first kappa shape index (κ1) is 13.4. The Labute approximate surface area is 87.4 Å². The van der Waals surface area contributed by atoms with Crippen LogP contribution in [0.3, 0.4) is 0 Å². The molecule has 0 radical (unpaired) electrons. The number of hydrogen-bond donors (Lipinski definition) is 0. The minimum absolute atomic E-state index is 0.839. The molecule has 0 aromatic heterocycles. The molecule has 1 unspecified atom stereocenters. The highest BCUT2D eigenvalue weighted by atomic mass is 28.3. The SMILES string of the molecule is CCCCCCCC[SiH](OC)O[SiH3]. The topological polar surface area (TPSA) is 18.5 Å². The van der Waals surface area contributed by atoms with Crippen LogP contribution in [0.15, 0.2) is 0 Å².